The van der Waals surface area contributed by atoms with Crippen LogP contribution >= 0.6 is 0 Å². The van der Waals surface area contributed by atoms with Crippen molar-refractivity contribution in [2.45, 2.75) is 31.7 Å². The number of benzene rings is 2. The van der Waals surface area contributed by atoms with Gasteiger partial charge in [-0.15, -0.1) is 0 Å². The van der Waals surface area contributed by atoms with Crippen molar-refractivity contribution < 1.29 is 9.59 Å². The van der Waals surface area contributed by atoms with Crippen LogP contribution in [-0.4, -0.2) is 34.3 Å². The highest BCUT2D eigenvalue weighted by Crippen LogP contribution is 2.34. The molecule has 1 aliphatic heterocycles. The van der Waals surface area contributed by atoms with Gasteiger partial charge in [0.25, 0.3) is 0 Å². The third kappa shape index (κ3) is 3.17. The van der Waals surface area contributed by atoms with Crippen LogP contribution in [0.15, 0.2) is 54.6 Å². The predicted molar refractivity (Wildman–Crippen MR) is 110 cm³/mol. The van der Waals surface area contributed by atoms with E-state index in [-0.39, 0.29) is 23.8 Å². The highest BCUT2D eigenvalue weighted by Gasteiger charge is 2.40. The smallest absolute Gasteiger partial charge is 0.247 e. The molecule has 2 fully saturated rings. The summed E-state index contributed by atoms with van der Waals surface area (Å²) in [5.41, 5.74) is 3.99. The first-order valence-electron chi connectivity index (χ1n) is 9.98. The second kappa shape index (κ2) is 6.82. The first kappa shape index (κ1) is 17.0. The van der Waals surface area contributed by atoms with Gasteiger partial charge in [0.2, 0.25) is 11.8 Å². The zero-order valence-corrected chi connectivity index (χ0v) is 15.7. The Labute approximate surface area is 163 Å². The second-order valence-electron chi connectivity index (χ2n) is 7.80. The number of carbonyl (C=O) groups is 2. The van der Waals surface area contributed by atoms with Crippen LogP contribution < -0.4 is 5.32 Å². The largest absolute Gasteiger partial charge is 0.355 e. The Bertz CT molecular complexity index is 1000. The monoisotopic (exact) mass is 373 g/mol. The summed E-state index contributed by atoms with van der Waals surface area (Å²) < 4.78 is 0. The topological polar surface area (TPSA) is 65.2 Å². The molecule has 5 heteroatoms. The third-order valence-electron chi connectivity index (χ3n) is 5.76. The highest BCUT2D eigenvalue weighted by molar-refractivity contribution is 5.98. The van der Waals surface area contributed by atoms with E-state index < -0.39 is 0 Å². The molecule has 1 saturated carbocycles. The van der Waals surface area contributed by atoms with Crippen molar-refractivity contribution in [3.8, 4) is 11.3 Å². The van der Waals surface area contributed by atoms with E-state index in [2.05, 4.69) is 28.5 Å². The fraction of sp³-hybridized carbons (Fsp3) is 0.304. The Morgan fingerprint density at radius 3 is 2.54 bits per heavy atom. The van der Waals surface area contributed by atoms with E-state index in [9.17, 15) is 9.59 Å². The van der Waals surface area contributed by atoms with Crippen LogP contribution in [0.4, 0.5) is 5.69 Å². The van der Waals surface area contributed by atoms with Crippen molar-refractivity contribution in [3.63, 3.8) is 0 Å². The summed E-state index contributed by atoms with van der Waals surface area (Å²) in [6, 6.07) is 17.8. The van der Waals surface area contributed by atoms with Gasteiger partial charge in [0.05, 0.1) is 0 Å². The molecule has 1 aliphatic carbocycles. The standard InChI is InChI=1S/C23H23N3O2/c27-22(21-6-3-13-26(21)23(28)16-7-8-16)24-18-11-9-15(10-12-18)20-14-17-4-1-2-5-19(17)25-20/h1-2,4-5,9-12,14,16,21,25H,3,6-8,13H2,(H,24,27)/t21-/m0/s1. The summed E-state index contributed by atoms with van der Waals surface area (Å²) in [5, 5.41) is 4.17. The fourth-order valence-corrected chi connectivity index (χ4v) is 4.06. The first-order chi connectivity index (χ1) is 13.7. The van der Waals surface area contributed by atoms with E-state index in [0.29, 0.717) is 6.54 Å². The number of para-hydroxylation sites is 1. The number of carbonyl (C=O) groups excluding carboxylic acids is 2. The summed E-state index contributed by atoms with van der Waals surface area (Å²) in [5.74, 6) is 0.237. The third-order valence-corrected chi connectivity index (χ3v) is 5.76. The average molecular weight is 373 g/mol. The van der Waals surface area contributed by atoms with Crippen LogP contribution in [0.2, 0.25) is 0 Å². The van der Waals surface area contributed by atoms with Crippen LogP contribution in [0.3, 0.4) is 0 Å². The summed E-state index contributed by atoms with van der Waals surface area (Å²) in [6.45, 7) is 0.701. The minimum absolute atomic E-state index is 0.0788. The van der Waals surface area contributed by atoms with Crippen molar-refractivity contribution in [1.29, 1.82) is 0 Å². The minimum Gasteiger partial charge on any atom is -0.355 e. The van der Waals surface area contributed by atoms with E-state index >= 15 is 0 Å². The number of nitrogens with zero attached hydrogens (tertiary/aromatic N) is 1. The summed E-state index contributed by atoms with van der Waals surface area (Å²) in [4.78, 5) is 30.3. The van der Waals surface area contributed by atoms with Gasteiger partial charge >= 0.3 is 0 Å². The Kier molecular flexibility index (Phi) is 4.15. The fourth-order valence-electron chi connectivity index (χ4n) is 4.06. The van der Waals surface area contributed by atoms with Crippen molar-refractivity contribution in [2.75, 3.05) is 11.9 Å². The molecule has 2 heterocycles. The molecule has 0 radical (unpaired) electrons. The zero-order valence-electron chi connectivity index (χ0n) is 15.7. The normalized spacial score (nSPS) is 19.1. The number of rotatable bonds is 4. The molecule has 0 spiro atoms. The minimum atomic E-state index is -0.332. The number of aromatic amines is 1. The van der Waals surface area contributed by atoms with Crippen molar-refractivity contribution in [2.24, 2.45) is 5.92 Å². The lowest BCUT2D eigenvalue weighted by molar-refractivity contribution is -0.137. The van der Waals surface area contributed by atoms with Gasteiger partial charge in [0, 0.05) is 34.7 Å². The Hall–Kier alpha value is -3.08. The zero-order chi connectivity index (χ0) is 19.1. The molecule has 0 unspecified atom stereocenters. The van der Waals surface area contributed by atoms with E-state index in [1.165, 1.54) is 5.39 Å². The SMILES string of the molecule is O=C(Nc1ccc(-c2cc3ccccc3[nH]2)cc1)[C@@H]1CCCN1C(=O)C1CC1. The number of hydrogen-bond acceptors (Lipinski definition) is 2. The highest BCUT2D eigenvalue weighted by atomic mass is 16.2. The molecule has 5 rings (SSSR count). The molecule has 2 amide bonds. The van der Waals surface area contributed by atoms with Gasteiger partial charge < -0.3 is 15.2 Å². The maximum atomic E-state index is 12.7. The van der Waals surface area contributed by atoms with E-state index in [1.54, 1.807) is 4.90 Å². The van der Waals surface area contributed by atoms with Crippen LogP contribution in [0.1, 0.15) is 25.7 Å². The average Bonchev–Trinajstić information content (AvgIpc) is 3.28. The number of anilines is 1. The lowest BCUT2D eigenvalue weighted by atomic mass is 10.1. The van der Waals surface area contributed by atoms with E-state index in [1.807, 2.05) is 36.4 Å². The van der Waals surface area contributed by atoms with E-state index in [4.69, 9.17) is 0 Å². The summed E-state index contributed by atoms with van der Waals surface area (Å²) in [6.07, 6.45) is 3.59. The number of H-pyrrole nitrogens is 1. The maximum absolute atomic E-state index is 12.7. The van der Waals surface area contributed by atoms with Crippen LogP contribution in [0, 0.1) is 5.92 Å². The quantitative estimate of drug-likeness (QED) is 0.721. The van der Waals surface area contributed by atoms with Gasteiger partial charge in [-0.25, -0.2) is 0 Å². The maximum Gasteiger partial charge on any atom is 0.247 e. The molecular weight excluding hydrogens is 350 g/mol. The van der Waals surface area contributed by atoms with Gasteiger partial charge in [0.15, 0.2) is 0 Å². The number of fused-ring (bicyclic) bond motifs is 1. The Morgan fingerprint density at radius 1 is 1.00 bits per heavy atom. The summed E-state index contributed by atoms with van der Waals surface area (Å²) in [7, 11) is 0. The summed E-state index contributed by atoms with van der Waals surface area (Å²) >= 11 is 0. The van der Waals surface area contributed by atoms with Gasteiger partial charge in [-0.3, -0.25) is 9.59 Å². The van der Waals surface area contributed by atoms with Crippen LogP contribution in [0.25, 0.3) is 22.2 Å². The van der Waals surface area contributed by atoms with Gasteiger partial charge in [0.1, 0.15) is 6.04 Å². The molecular formula is C23H23N3O2. The molecule has 1 aromatic heterocycles. The molecule has 28 heavy (non-hydrogen) atoms. The number of likely N-dealkylation sites (tertiary alicyclic amines) is 1. The molecule has 2 aromatic carbocycles. The molecule has 5 nitrogen and oxygen atoms in total. The van der Waals surface area contributed by atoms with Crippen molar-refractivity contribution in [1.82, 2.24) is 9.88 Å². The van der Waals surface area contributed by atoms with Crippen LogP contribution in [-0.2, 0) is 9.59 Å². The number of aromatic nitrogens is 1. The number of hydrogen-bond donors (Lipinski definition) is 2. The first-order valence-corrected chi connectivity index (χ1v) is 9.98. The van der Waals surface area contributed by atoms with Gasteiger partial charge in [-0.05, 0) is 55.5 Å². The van der Waals surface area contributed by atoms with Crippen LogP contribution in [0.5, 0.6) is 0 Å². The molecule has 0 bridgehead atoms. The molecule has 1 saturated heterocycles. The van der Waals surface area contributed by atoms with Gasteiger partial charge in [-0.1, -0.05) is 30.3 Å². The van der Waals surface area contributed by atoms with Gasteiger partial charge in [-0.2, -0.15) is 0 Å². The molecule has 1 atom stereocenters. The van der Waals surface area contributed by atoms with Crippen molar-refractivity contribution in [3.05, 3.63) is 54.6 Å². The predicted octanol–water partition coefficient (Wildman–Crippen LogP) is 4.17. The Morgan fingerprint density at radius 2 is 1.79 bits per heavy atom. The number of amides is 2. The van der Waals surface area contributed by atoms with Crippen molar-refractivity contribution >= 4 is 28.4 Å². The molecule has 2 aliphatic rings. The number of nitrogens with one attached hydrogen (secondary N) is 2. The van der Waals surface area contributed by atoms with E-state index in [0.717, 1.165) is 48.1 Å². The lowest BCUT2D eigenvalue weighted by Crippen LogP contribution is -2.43. The molecule has 3 aromatic rings. The second-order valence-corrected chi connectivity index (χ2v) is 7.80. The lowest BCUT2D eigenvalue weighted by Gasteiger charge is -2.24. The molecule has 142 valence electrons. The molecule has 2 N–H and O–H groups in total. The Balaban J connectivity index is 1.29.